The molecule has 15 heavy (non-hydrogen) atoms. The van der Waals surface area contributed by atoms with Crippen molar-refractivity contribution in [3.8, 4) is 0 Å². The fraction of sp³-hybridized carbons (Fsp3) is 0.667. The van der Waals surface area contributed by atoms with Gasteiger partial charge in [-0.05, 0) is 37.4 Å². The van der Waals surface area contributed by atoms with Crippen molar-refractivity contribution < 1.29 is 0 Å². The summed E-state index contributed by atoms with van der Waals surface area (Å²) in [5.74, 6) is 0.577. The molecule has 1 saturated heterocycles. The first kappa shape index (κ1) is 11.1. The Morgan fingerprint density at radius 2 is 2.20 bits per heavy atom. The summed E-state index contributed by atoms with van der Waals surface area (Å²) in [6.07, 6.45) is 2.68. The first-order valence-corrected chi connectivity index (χ1v) is 6.68. The monoisotopic (exact) mass is 224 g/mol. The van der Waals surface area contributed by atoms with E-state index >= 15 is 0 Å². The number of thiophene rings is 1. The van der Waals surface area contributed by atoms with Crippen LogP contribution in [0.15, 0.2) is 17.5 Å². The Morgan fingerprint density at radius 3 is 2.73 bits per heavy atom. The Hall–Kier alpha value is -0.380. The summed E-state index contributed by atoms with van der Waals surface area (Å²) in [4.78, 5) is 4.03. The predicted octanol–water partition coefficient (Wildman–Crippen LogP) is 2.27. The molecule has 0 saturated carbocycles. The lowest BCUT2D eigenvalue weighted by molar-refractivity contribution is 0.222. The molecule has 1 aliphatic heterocycles. The zero-order valence-corrected chi connectivity index (χ0v) is 10.2. The molecule has 2 unspecified atom stereocenters. The van der Waals surface area contributed by atoms with Crippen molar-refractivity contribution in [1.29, 1.82) is 0 Å². The maximum Gasteiger partial charge on any atom is 0.0292 e. The highest BCUT2D eigenvalue weighted by molar-refractivity contribution is 7.10. The Morgan fingerprint density at radius 1 is 1.47 bits per heavy atom. The summed E-state index contributed by atoms with van der Waals surface area (Å²) in [6, 6.07) is 4.90. The van der Waals surface area contributed by atoms with Crippen molar-refractivity contribution in [2.24, 2.45) is 5.73 Å². The lowest BCUT2D eigenvalue weighted by Crippen LogP contribution is -2.42. The zero-order chi connectivity index (χ0) is 10.7. The van der Waals surface area contributed by atoms with Crippen molar-refractivity contribution in [3.05, 3.63) is 22.4 Å². The molecule has 2 heterocycles. The van der Waals surface area contributed by atoms with Crippen molar-refractivity contribution in [3.63, 3.8) is 0 Å². The van der Waals surface area contributed by atoms with Crippen LogP contribution in [0.3, 0.4) is 0 Å². The van der Waals surface area contributed by atoms with Crippen LogP contribution in [0, 0.1) is 0 Å². The van der Waals surface area contributed by atoms with E-state index in [-0.39, 0.29) is 0 Å². The molecule has 84 valence electrons. The second-order valence-electron chi connectivity index (χ2n) is 4.35. The van der Waals surface area contributed by atoms with Crippen molar-refractivity contribution in [2.45, 2.75) is 31.7 Å². The number of rotatable bonds is 4. The lowest BCUT2D eigenvalue weighted by atomic mass is 9.99. The van der Waals surface area contributed by atoms with Crippen molar-refractivity contribution in [1.82, 2.24) is 4.90 Å². The maximum atomic E-state index is 5.92. The Balaban J connectivity index is 2.05. The number of likely N-dealkylation sites (tertiary alicyclic amines) is 1. The van der Waals surface area contributed by atoms with Gasteiger partial charge in [0.25, 0.3) is 0 Å². The van der Waals surface area contributed by atoms with Gasteiger partial charge in [-0.3, -0.25) is 4.90 Å². The third kappa shape index (κ3) is 2.41. The van der Waals surface area contributed by atoms with Crippen LogP contribution in [0.5, 0.6) is 0 Å². The minimum Gasteiger partial charge on any atom is -0.329 e. The van der Waals surface area contributed by atoms with E-state index in [0.29, 0.717) is 12.0 Å². The normalized spacial score (nSPS) is 21.7. The molecular weight excluding hydrogens is 204 g/mol. The fourth-order valence-electron chi connectivity index (χ4n) is 2.48. The third-order valence-corrected chi connectivity index (χ3v) is 4.49. The van der Waals surface area contributed by atoms with Crippen LogP contribution in [0.2, 0.25) is 0 Å². The Kier molecular flexibility index (Phi) is 3.78. The van der Waals surface area contributed by atoms with E-state index in [0.717, 1.165) is 6.54 Å². The molecule has 1 aromatic rings. The molecule has 2 N–H and O–H groups in total. The van der Waals surface area contributed by atoms with Gasteiger partial charge in [0.05, 0.1) is 0 Å². The van der Waals surface area contributed by atoms with E-state index in [4.69, 9.17) is 5.73 Å². The van der Waals surface area contributed by atoms with Gasteiger partial charge in [-0.25, -0.2) is 0 Å². The molecule has 2 nitrogen and oxygen atoms in total. The van der Waals surface area contributed by atoms with Gasteiger partial charge >= 0.3 is 0 Å². The molecule has 0 radical (unpaired) electrons. The van der Waals surface area contributed by atoms with Gasteiger partial charge in [-0.1, -0.05) is 13.0 Å². The number of nitrogens with zero attached hydrogens (tertiary/aromatic N) is 1. The van der Waals surface area contributed by atoms with Gasteiger partial charge in [0.15, 0.2) is 0 Å². The van der Waals surface area contributed by atoms with Gasteiger partial charge < -0.3 is 5.73 Å². The first-order valence-electron chi connectivity index (χ1n) is 5.80. The van der Waals surface area contributed by atoms with Crippen LogP contribution in [-0.4, -0.2) is 30.6 Å². The predicted molar refractivity (Wildman–Crippen MR) is 66.4 cm³/mol. The SMILES string of the molecule is CC(c1cccs1)C(CN)N1CCCC1. The average Bonchev–Trinajstić information content (AvgIpc) is 2.91. The number of nitrogens with two attached hydrogens (primary N) is 1. The summed E-state index contributed by atoms with van der Waals surface area (Å²) < 4.78 is 0. The van der Waals surface area contributed by atoms with Crippen LogP contribution < -0.4 is 5.73 Å². The van der Waals surface area contributed by atoms with Crippen LogP contribution in [0.4, 0.5) is 0 Å². The highest BCUT2D eigenvalue weighted by atomic mass is 32.1. The second kappa shape index (κ2) is 5.10. The van der Waals surface area contributed by atoms with Crippen molar-refractivity contribution >= 4 is 11.3 Å². The zero-order valence-electron chi connectivity index (χ0n) is 9.36. The van der Waals surface area contributed by atoms with Gasteiger partial charge in [-0.15, -0.1) is 11.3 Å². The fourth-order valence-corrected chi connectivity index (χ4v) is 3.33. The molecule has 1 fully saturated rings. The van der Waals surface area contributed by atoms with E-state index in [1.165, 1.54) is 30.8 Å². The summed E-state index contributed by atoms with van der Waals surface area (Å²) >= 11 is 1.85. The molecule has 0 aromatic carbocycles. The lowest BCUT2D eigenvalue weighted by Gasteiger charge is -2.31. The Bertz CT molecular complexity index is 278. The third-order valence-electron chi connectivity index (χ3n) is 3.42. The van der Waals surface area contributed by atoms with E-state index < -0.39 is 0 Å². The smallest absolute Gasteiger partial charge is 0.0292 e. The summed E-state index contributed by atoms with van der Waals surface area (Å²) in [5.41, 5.74) is 5.92. The van der Waals surface area contributed by atoms with E-state index in [1.54, 1.807) is 0 Å². The molecular formula is C12H20N2S. The molecule has 0 aliphatic carbocycles. The molecule has 2 rings (SSSR count). The molecule has 3 heteroatoms. The summed E-state index contributed by atoms with van der Waals surface area (Å²) in [6.45, 7) is 5.55. The van der Waals surface area contributed by atoms with Gasteiger partial charge in [0.2, 0.25) is 0 Å². The standard InChI is InChI=1S/C12H20N2S/c1-10(12-5-4-8-15-12)11(9-13)14-6-2-3-7-14/h4-5,8,10-11H,2-3,6-7,9,13H2,1H3. The topological polar surface area (TPSA) is 29.3 Å². The highest BCUT2D eigenvalue weighted by Gasteiger charge is 2.26. The molecule has 0 amide bonds. The van der Waals surface area contributed by atoms with Crippen molar-refractivity contribution in [2.75, 3.05) is 19.6 Å². The molecule has 0 bridgehead atoms. The summed E-state index contributed by atoms with van der Waals surface area (Å²) in [5, 5.41) is 2.16. The van der Waals surface area contributed by atoms with E-state index in [2.05, 4.69) is 29.3 Å². The van der Waals surface area contributed by atoms with E-state index in [9.17, 15) is 0 Å². The first-order chi connectivity index (χ1) is 7.33. The quantitative estimate of drug-likeness (QED) is 0.850. The van der Waals surface area contributed by atoms with Gasteiger partial charge in [0.1, 0.15) is 0 Å². The second-order valence-corrected chi connectivity index (χ2v) is 5.33. The number of hydrogen-bond donors (Lipinski definition) is 1. The maximum absolute atomic E-state index is 5.92. The van der Waals surface area contributed by atoms with Crippen LogP contribution in [0.25, 0.3) is 0 Å². The van der Waals surface area contributed by atoms with Crippen LogP contribution in [-0.2, 0) is 0 Å². The van der Waals surface area contributed by atoms with Crippen LogP contribution in [0.1, 0.15) is 30.6 Å². The average molecular weight is 224 g/mol. The molecule has 1 aliphatic rings. The largest absolute Gasteiger partial charge is 0.329 e. The molecule has 0 spiro atoms. The van der Waals surface area contributed by atoms with Gasteiger partial charge in [0, 0.05) is 23.4 Å². The minimum atomic E-state index is 0.533. The minimum absolute atomic E-state index is 0.533. The van der Waals surface area contributed by atoms with Crippen LogP contribution >= 0.6 is 11.3 Å². The molecule has 1 aromatic heterocycles. The Labute approximate surface area is 96.1 Å². The van der Waals surface area contributed by atoms with Gasteiger partial charge in [-0.2, -0.15) is 0 Å². The molecule has 2 atom stereocenters. The highest BCUT2D eigenvalue weighted by Crippen LogP contribution is 2.28. The van der Waals surface area contributed by atoms with E-state index in [1.807, 2.05) is 11.3 Å². The number of hydrogen-bond acceptors (Lipinski definition) is 3. The summed E-state index contributed by atoms with van der Waals surface area (Å²) in [7, 11) is 0.